The summed E-state index contributed by atoms with van der Waals surface area (Å²) in [6.07, 6.45) is 7.31. The van der Waals surface area contributed by atoms with Crippen molar-refractivity contribution in [1.29, 1.82) is 0 Å². The summed E-state index contributed by atoms with van der Waals surface area (Å²) >= 11 is 0. The zero-order valence-corrected chi connectivity index (χ0v) is 13.7. The van der Waals surface area contributed by atoms with E-state index in [-0.39, 0.29) is 18.0 Å². The first-order chi connectivity index (χ1) is 10.5. The summed E-state index contributed by atoms with van der Waals surface area (Å²) in [7, 11) is 1.96. The number of hydrogen-bond acceptors (Lipinski definition) is 3. The van der Waals surface area contributed by atoms with Crippen LogP contribution in [0.15, 0.2) is 18.7 Å². The van der Waals surface area contributed by atoms with Gasteiger partial charge in [-0.1, -0.05) is 0 Å². The van der Waals surface area contributed by atoms with Crippen LogP contribution < -0.4 is 0 Å². The summed E-state index contributed by atoms with van der Waals surface area (Å²) in [5.41, 5.74) is 3.39. The molecule has 0 N–H and O–H groups in total. The lowest BCUT2D eigenvalue weighted by atomic mass is 10.0. The van der Waals surface area contributed by atoms with E-state index in [2.05, 4.69) is 17.0 Å². The maximum absolute atomic E-state index is 12.9. The average Bonchev–Trinajstić information content (AvgIpc) is 3.20. The Morgan fingerprint density at radius 3 is 2.77 bits per heavy atom. The van der Waals surface area contributed by atoms with E-state index in [0.717, 1.165) is 30.8 Å². The van der Waals surface area contributed by atoms with Crippen LogP contribution in [-0.2, 0) is 11.8 Å². The van der Waals surface area contributed by atoms with Crippen LogP contribution in [0.3, 0.4) is 0 Å². The fourth-order valence-corrected chi connectivity index (χ4v) is 3.47. The first-order valence-electron chi connectivity index (χ1n) is 7.78. The average molecular weight is 301 g/mol. The molecule has 1 saturated heterocycles. The van der Waals surface area contributed by atoms with Crippen LogP contribution in [-0.4, -0.2) is 36.7 Å². The molecule has 2 aromatic rings. The van der Waals surface area contributed by atoms with Gasteiger partial charge in [-0.05, 0) is 33.6 Å². The Morgan fingerprint density at radius 1 is 1.41 bits per heavy atom. The molecule has 0 aromatic carbocycles. The molecular weight excluding hydrogens is 278 g/mol. The lowest BCUT2D eigenvalue weighted by Gasteiger charge is -2.28. The van der Waals surface area contributed by atoms with E-state index in [1.165, 1.54) is 5.56 Å². The van der Waals surface area contributed by atoms with E-state index in [1.54, 1.807) is 12.5 Å². The van der Waals surface area contributed by atoms with Gasteiger partial charge in [-0.15, -0.1) is 0 Å². The van der Waals surface area contributed by atoms with Gasteiger partial charge in [0.1, 0.15) is 6.04 Å². The summed E-state index contributed by atoms with van der Waals surface area (Å²) in [6.45, 7) is 6.86. The molecule has 2 unspecified atom stereocenters. The molecule has 22 heavy (non-hydrogen) atoms. The monoisotopic (exact) mass is 301 g/mol. The Hall–Kier alpha value is -2.11. The molecule has 3 heterocycles. The van der Waals surface area contributed by atoms with E-state index in [1.807, 2.05) is 41.2 Å². The number of nitrogens with zero attached hydrogens (tertiary/aromatic N) is 5. The number of carbonyl (C=O) groups is 1. The molecule has 0 radical (unpaired) electrons. The number of carbonyl (C=O) groups excluding carboxylic acids is 1. The van der Waals surface area contributed by atoms with Crippen molar-refractivity contribution in [3.05, 3.63) is 35.7 Å². The summed E-state index contributed by atoms with van der Waals surface area (Å²) < 4.78 is 3.77. The normalized spacial score (nSPS) is 19.6. The number of rotatable bonds is 3. The fraction of sp³-hybridized carbons (Fsp3) is 0.562. The highest BCUT2D eigenvalue weighted by molar-refractivity contribution is 5.81. The van der Waals surface area contributed by atoms with Crippen LogP contribution in [0.2, 0.25) is 0 Å². The Labute approximate surface area is 130 Å². The molecule has 1 aliphatic rings. The summed E-state index contributed by atoms with van der Waals surface area (Å²) in [5, 5.41) is 4.51. The Balaban J connectivity index is 1.88. The highest BCUT2D eigenvalue weighted by Gasteiger charge is 2.35. The molecule has 1 amide bonds. The van der Waals surface area contributed by atoms with Gasteiger partial charge in [-0.25, -0.2) is 4.98 Å². The van der Waals surface area contributed by atoms with E-state index in [9.17, 15) is 4.79 Å². The second kappa shape index (κ2) is 5.59. The van der Waals surface area contributed by atoms with Crippen molar-refractivity contribution in [2.24, 2.45) is 7.05 Å². The smallest absolute Gasteiger partial charge is 0.245 e. The third-order valence-electron chi connectivity index (χ3n) is 4.76. The molecule has 0 saturated carbocycles. The van der Waals surface area contributed by atoms with E-state index < -0.39 is 0 Å². The summed E-state index contributed by atoms with van der Waals surface area (Å²) in [6, 6.07) is -0.0763. The van der Waals surface area contributed by atoms with Crippen LogP contribution in [0.1, 0.15) is 48.8 Å². The van der Waals surface area contributed by atoms with Gasteiger partial charge in [-0.2, -0.15) is 5.10 Å². The number of likely N-dealkylation sites (tertiary alicyclic amines) is 1. The van der Waals surface area contributed by atoms with Crippen molar-refractivity contribution in [3.8, 4) is 0 Å². The molecule has 0 bridgehead atoms. The van der Waals surface area contributed by atoms with E-state index >= 15 is 0 Å². The first-order valence-corrected chi connectivity index (χ1v) is 7.78. The fourth-order valence-electron chi connectivity index (χ4n) is 3.47. The number of aromatic nitrogens is 4. The molecule has 1 fully saturated rings. The molecule has 6 nitrogen and oxygen atoms in total. The SMILES string of the molecule is Cc1nn(C)c(C)c1C1CCCN1C(=O)C(C)n1ccnc1. The zero-order valence-electron chi connectivity index (χ0n) is 13.7. The number of imidazole rings is 1. The topological polar surface area (TPSA) is 56.0 Å². The van der Waals surface area contributed by atoms with Crippen molar-refractivity contribution in [2.45, 2.75) is 45.7 Å². The summed E-state index contributed by atoms with van der Waals surface area (Å²) in [4.78, 5) is 19.0. The van der Waals surface area contributed by atoms with Gasteiger partial charge < -0.3 is 9.47 Å². The Morgan fingerprint density at radius 2 is 2.18 bits per heavy atom. The highest BCUT2D eigenvalue weighted by atomic mass is 16.2. The molecule has 0 aliphatic carbocycles. The van der Waals surface area contributed by atoms with Crippen molar-refractivity contribution in [1.82, 2.24) is 24.2 Å². The van der Waals surface area contributed by atoms with Crippen molar-refractivity contribution in [2.75, 3.05) is 6.54 Å². The van der Waals surface area contributed by atoms with Crippen LogP contribution in [0, 0.1) is 13.8 Å². The van der Waals surface area contributed by atoms with Gasteiger partial charge in [0.25, 0.3) is 0 Å². The Bertz CT molecular complexity index is 673. The minimum atomic E-state index is -0.222. The lowest BCUT2D eigenvalue weighted by Crippen LogP contribution is -2.36. The molecular formula is C16H23N5O. The molecule has 6 heteroatoms. The molecule has 2 atom stereocenters. The second-order valence-corrected chi connectivity index (χ2v) is 6.08. The lowest BCUT2D eigenvalue weighted by molar-refractivity contribution is -0.135. The minimum absolute atomic E-state index is 0.146. The molecule has 3 rings (SSSR count). The maximum Gasteiger partial charge on any atom is 0.245 e. The predicted octanol–water partition coefficient (Wildman–Crippen LogP) is 2.16. The van der Waals surface area contributed by atoms with Crippen molar-refractivity contribution in [3.63, 3.8) is 0 Å². The second-order valence-electron chi connectivity index (χ2n) is 6.08. The quantitative estimate of drug-likeness (QED) is 0.873. The Kier molecular flexibility index (Phi) is 3.76. The van der Waals surface area contributed by atoms with Crippen LogP contribution >= 0.6 is 0 Å². The zero-order chi connectivity index (χ0) is 15.9. The summed E-state index contributed by atoms with van der Waals surface area (Å²) in [5.74, 6) is 0.156. The standard InChI is InChI=1S/C16H23N5O/c1-11-15(12(2)19(4)18-11)14-6-5-8-21(14)16(22)13(3)20-9-7-17-10-20/h7,9-10,13-14H,5-6,8H2,1-4H3. The van der Waals surface area contributed by atoms with Crippen LogP contribution in [0.25, 0.3) is 0 Å². The maximum atomic E-state index is 12.9. The van der Waals surface area contributed by atoms with Gasteiger partial charge in [-0.3, -0.25) is 9.48 Å². The third kappa shape index (κ3) is 2.32. The largest absolute Gasteiger partial charge is 0.334 e. The van der Waals surface area contributed by atoms with Crippen LogP contribution in [0.4, 0.5) is 0 Å². The highest BCUT2D eigenvalue weighted by Crippen LogP contribution is 2.36. The number of aryl methyl sites for hydroxylation is 2. The predicted molar refractivity (Wildman–Crippen MR) is 83.3 cm³/mol. The van der Waals surface area contributed by atoms with Gasteiger partial charge in [0.2, 0.25) is 5.91 Å². The van der Waals surface area contributed by atoms with Crippen LogP contribution in [0.5, 0.6) is 0 Å². The van der Waals surface area contributed by atoms with Gasteiger partial charge in [0, 0.05) is 37.2 Å². The van der Waals surface area contributed by atoms with E-state index in [4.69, 9.17) is 0 Å². The molecule has 118 valence electrons. The molecule has 2 aromatic heterocycles. The first kappa shape index (κ1) is 14.8. The van der Waals surface area contributed by atoms with E-state index in [0.29, 0.717) is 0 Å². The molecule has 1 aliphatic heterocycles. The van der Waals surface area contributed by atoms with Gasteiger partial charge >= 0.3 is 0 Å². The van der Waals surface area contributed by atoms with Crippen molar-refractivity contribution < 1.29 is 4.79 Å². The molecule has 0 spiro atoms. The minimum Gasteiger partial charge on any atom is -0.334 e. The number of amides is 1. The third-order valence-corrected chi connectivity index (χ3v) is 4.76. The number of hydrogen-bond donors (Lipinski definition) is 0. The van der Waals surface area contributed by atoms with Gasteiger partial charge in [0.15, 0.2) is 0 Å². The van der Waals surface area contributed by atoms with Crippen molar-refractivity contribution >= 4 is 5.91 Å². The van der Waals surface area contributed by atoms with Gasteiger partial charge in [0.05, 0.1) is 18.1 Å².